The number of amides is 1. The van der Waals surface area contributed by atoms with E-state index in [0.717, 1.165) is 28.0 Å². The summed E-state index contributed by atoms with van der Waals surface area (Å²) >= 11 is 1.48. The van der Waals surface area contributed by atoms with Crippen molar-refractivity contribution in [3.05, 3.63) is 82.1 Å². The molecule has 5 nitrogen and oxygen atoms in total. The normalized spacial score (nSPS) is 11.3. The second-order valence-corrected chi connectivity index (χ2v) is 8.29. The number of furan rings is 1. The van der Waals surface area contributed by atoms with E-state index in [9.17, 15) is 4.79 Å². The van der Waals surface area contributed by atoms with E-state index in [2.05, 4.69) is 42.3 Å². The number of nitrogens with zero attached hydrogens (tertiary/aromatic N) is 1. The molecule has 1 amide bonds. The number of benzene rings is 2. The highest BCUT2D eigenvalue weighted by molar-refractivity contribution is 7.15. The van der Waals surface area contributed by atoms with Crippen molar-refractivity contribution >= 4 is 39.4 Å². The molecular formula is C24H22N2O3S. The summed E-state index contributed by atoms with van der Waals surface area (Å²) in [5.41, 5.74) is 4.48. The van der Waals surface area contributed by atoms with Gasteiger partial charge in [-0.05, 0) is 49.8 Å². The smallest absolute Gasteiger partial charge is 0.250 e. The van der Waals surface area contributed by atoms with Crippen molar-refractivity contribution in [1.29, 1.82) is 0 Å². The quantitative estimate of drug-likeness (QED) is 0.405. The molecule has 0 atom stereocenters. The third-order valence-electron chi connectivity index (χ3n) is 4.59. The number of anilines is 1. The van der Waals surface area contributed by atoms with Gasteiger partial charge in [0.1, 0.15) is 17.1 Å². The fourth-order valence-electron chi connectivity index (χ4n) is 3.38. The van der Waals surface area contributed by atoms with Crippen molar-refractivity contribution in [3.8, 4) is 5.75 Å². The lowest BCUT2D eigenvalue weighted by atomic mass is 10.0. The molecule has 4 rings (SSSR count). The van der Waals surface area contributed by atoms with Crippen LogP contribution in [0.2, 0.25) is 0 Å². The predicted molar refractivity (Wildman–Crippen MR) is 121 cm³/mol. The van der Waals surface area contributed by atoms with Gasteiger partial charge in [-0.3, -0.25) is 10.1 Å². The third kappa shape index (κ3) is 4.78. The van der Waals surface area contributed by atoms with E-state index in [4.69, 9.17) is 9.15 Å². The summed E-state index contributed by atoms with van der Waals surface area (Å²) < 4.78 is 10.9. The second kappa shape index (κ2) is 8.55. The number of hydrogen-bond acceptors (Lipinski definition) is 5. The molecule has 0 unspecified atom stereocenters. The summed E-state index contributed by atoms with van der Waals surface area (Å²) in [6.45, 7) is 4.19. The zero-order chi connectivity index (χ0) is 21.1. The summed E-state index contributed by atoms with van der Waals surface area (Å²) in [6.07, 6.45) is 5.70. The van der Waals surface area contributed by atoms with E-state index < -0.39 is 0 Å². The molecule has 0 aliphatic carbocycles. The first-order valence-corrected chi connectivity index (χ1v) is 10.4. The van der Waals surface area contributed by atoms with Crippen molar-refractivity contribution in [3.63, 3.8) is 0 Å². The maximum Gasteiger partial charge on any atom is 0.250 e. The van der Waals surface area contributed by atoms with Gasteiger partial charge in [-0.25, -0.2) is 4.98 Å². The van der Waals surface area contributed by atoms with Crippen LogP contribution in [0, 0.1) is 13.8 Å². The number of rotatable bonds is 6. The topological polar surface area (TPSA) is 64.4 Å². The molecule has 1 N–H and O–H groups in total. The number of carbonyl (C=O) groups excluding carboxylic acids is 1. The van der Waals surface area contributed by atoms with Crippen molar-refractivity contribution in [2.45, 2.75) is 20.3 Å². The molecular weight excluding hydrogens is 396 g/mol. The summed E-state index contributed by atoms with van der Waals surface area (Å²) in [5.74, 6) is 1.11. The van der Waals surface area contributed by atoms with Gasteiger partial charge in [0.15, 0.2) is 5.13 Å². The molecule has 0 radical (unpaired) electrons. The van der Waals surface area contributed by atoms with Crippen LogP contribution in [0.5, 0.6) is 5.75 Å². The van der Waals surface area contributed by atoms with E-state index in [0.29, 0.717) is 10.9 Å². The Morgan fingerprint density at radius 3 is 2.73 bits per heavy atom. The summed E-state index contributed by atoms with van der Waals surface area (Å²) in [6, 6.07) is 14.0. The number of nitrogens with one attached hydrogen (secondary N) is 1. The first kappa shape index (κ1) is 19.9. The Balaban J connectivity index is 1.39. The third-order valence-corrected chi connectivity index (χ3v) is 5.50. The molecule has 0 saturated heterocycles. The maximum atomic E-state index is 12.3. The SMILES string of the molecule is COc1ccc2oc(C=CC(=O)Nc3ncc(Cc4cc(C)cc(C)c4)s3)cc2c1. The van der Waals surface area contributed by atoms with Gasteiger partial charge in [0, 0.05) is 29.0 Å². The number of aromatic nitrogens is 1. The van der Waals surface area contributed by atoms with E-state index in [1.165, 1.54) is 34.1 Å². The lowest BCUT2D eigenvalue weighted by Crippen LogP contribution is -2.06. The van der Waals surface area contributed by atoms with Crippen LogP contribution >= 0.6 is 11.3 Å². The minimum atomic E-state index is -0.250. The van der Waals surface area contributed by atoms with Gasteiger partial charge in [0.05, 0.1) is 7.11 Å². The summed E-state index contributed by atoms with van der Waals surface area (Å²) in [7, 11) is 1.62. The van der Waals surface area contributed by atoms with Crippen molar-refractivity contribution in [2.75, 3.05) is 12.4 Å². The molecule has 152 valence electrons. The van der Waals surface area contributed by atoms with E-state index in [-0.39, 0.29) is 5.91 Å². The molecule has 0 saturated carbocycles. The predicted octanol–water partition coefficient (Wildman–Crippen LogP) is 5.76. The van der Waals surface area contributed by atoms with Gasteiger partial charge in [0.25, 0.3) is 0 Å². The van der Waals surface area contributed by atoms with Crippen LogP contribution in [-0.2, 0) is 11.2 Å². The lowest BCUT2D eigenvalue weighted by molar-refractivity contribution is -0.111. The Labute approximate surface area is 179 Å². The van der Waals surface area contributed by atoms with Crippen molar-refractivity contribution in [1.82, 2.24) is 4.98 Å². The molecule has 4 aromatic rings. The zero-order valence-electron chi connectivity index (χ0n) is 17.1. The largest absolute Gasteiger partial charge is 0.497 e. The number of hydrogen-bond donors (Lipinski definition) is 1. The molecule has 0 aliphatic rings. The lowest BCUT2D eigenvalue weighted by Gasteiger charge is -2.03. The van der Waals surface area contributed by atoms with Crippen molar-refractivity contribution < 1.29 is 13.9 Å². The van der Waals surface area contributed by atoms with Gasteiger partial charge in [-0.15, -0.1) is 11.3 Å². The average molecular weight is 419 g/mol. The van der Waals surface area contributed by atoms with E-state index in [1.54, 1.807) is 13.2 Å². The minimum absolute atomic E-state index is 0.250. The number of methoxy groups -OCH3 is 1. The Morgan fingerprint density at radius 2 is 1.97 bits per heavy atom. The van der Waals surface area contributed by atoms with Crippen LogP contribution in [-0.4, -0.2) is 18.0 Å². The average Bonchev–Trinajstić information content (AvgIpc) is 3.31. The first-order valence-electron chi connectivity index (χ1n) is 9.57. The molecule has 0 aliphatic heterocycles. The Hall–Kier alpha value is -3.38. The summed E-state index contributed by atoms with van der Waals surface area (Å²) in [5, 5.41) is 4.32. The molecule has 2 aromatic carbocycles. The van der Waals surface area contributed by atoms with Gasteiger partial charge in [-0.1, -0.05) is 29.3 Å². The molecule has 0 fully saturated rings. The standard InChI is InChI=1S/C24H22N2O3S/c1-15-8-16(2)10-17(9-15)11-21-14-25-24(30-21)26-23(27)7-5-20-13-18-12-19(28-3)4-6-22(18)29-20/h4-10,12-14H,11H2,1-3H3,(H,25,26,27). The molecule has 30 heavy (non-hydrogen) atoms. The highest BCUT2D eigenvalue weighted by Crippen LogP contribution is 2.25. The highest BCUT2D eigenvalue weighted by atomic mass is 32.1. The maximum absolute atomic E-state index is 12.3. The number of ether oxygens (including phenoxy) is 1. The number of fused-ring (bicyclic) bond motifs is 1. The molecule has 6 heteroatoms. The van der Waals surface area contributed by atoms with Crippen LogP contribution in [0.15, 0.2) is 59.2 Å². The van der Waals surface area contributed by atoms with Crippen molar-refractivity contribution in [2.24, 2.45) is 0 Å². The minimum Gasteiger partial charge on any atom is -0.497 e. The molecule has 0 spiro atoms. The summed E-state index contributed by atoms with van der Waals surface area (Å²) in [4.78, 5) is 17.7. The zero-order valence-corrected chi connectivity index (χ0v) is 17.9. The number of thiazole rings is 1. The fourth-order valence-corrected chi connectivity index (χ4v) is 4.22. The fraction of sp³-hybridized carbons (Fsp3) is 0.167. The second-order valence-electron chi connectivity index (χ2n) is 7.18. The highest BCUT2D eigenvalue weighted by Gasteiger charge is 2.07. The molecule has 0 bridgehead atoms. The van der Waals surface area contributed by atoms with Gasteiger partial charge in [-0.2, -0.15) is 0 Å². The van der Waals surface area contributed by atoms with Gasteiger partial charge in [0.2, 0.25) is 5.91 Å². The first-order chi connectivity index (χ1) is 14.5. The molecule has 2 aromatic heterocycles. The van der Waals surface area contributed by atoms with Gasteiger partial charge >= 0.3 is 0 Å². The number of aryl methyl sites for hydroxylation is 2. The van der Waals surface area contributed by atoms with E-state index >= 15 is 0 Å². The van der Waals surface area contributed by atoms with Crippen LogP contribution in [0.1, 0.15) is 27.3 Å². The van der Waals surface area contributed by atoms with Crippen LogP contribution in [0.4, 0.5) is 5.13 Å². The Bertz CT molecular complexity index is 1220. The molecule has 2 heterocycles. The van der Waals surface area contributed by atoms with Crippen LogP contribution in [0.3, 0.4) is 0 Å². The Morgan fingerprint density at radius 1 is 1.17 bits per heavy atom. The van der Waals surface area contributed by atoms with E-state index in [1.807, 2.05) is 30.5 Å². The van der Waals surface area contributed by atoms with Crippen LogP contribution in [0.25, 0.3) is 17.0 Å². The van der Waals surface area contributed by atoms with Gasteiger partial charge < -0.3 is 9.15 Å². The monoisotopic (exact) mass is 418 g/mol. The number of carbonyl (C=O) groups is 1. The Kier molecular flexibility index (Phi) is 5.68. The van der Waals surface area contributed by atoms with Crippen LogP contribution < -0.4 is 10.1 Å².